The van der Waals surface area contributed by atoms with E-state index < -0.39 is 0 Å². The Morgan fingerprint density at radius 1 is 1.43 bits per heavy atom. The monoisotopic (exact) mass is 451 g/mol. The lowest BCUT2D eigenvalue weighted by atomic mass is 9.93. The van der Waals surface area contributed by atoms with Crippen molar-refractivity contribution in [2.75, 3.05) is 20.1 Å². The molecule has 2 aliphatic rings. The van der Waals surface area contributed by atoms with Gasteiger partial charge in [-0.3, -0.25) is 4.99 Å². The molecule has 0 spiro atoms. The highest BCUT2D eigenvalue weighted by Gasteiger charge is 2.43. The van der Waals surface area contributed by atoms with Crippen molar-refractivity contribution in [3.63, 3.8) is 0 Å². The van der Waals surface area contributed by atoms with E-state index in [9.17, 15) is 4.39 Å². The molecule has 1 heterocycles. The van der Waals surface area contributed by atoms with Gasteiger partial charge in [0.25, 0.3) is 0 Å². The summed E-state index contributed by atoms with van der Waals surface area (Å²) < 4.78 is 14.0. The van der Waals surface area contributed by atoms with Gasteiger partial charge in [-0.1, -0.05) is 31.5 Å². The Morgan fingerprint density at radius 3 is 2.74 bits per heavy atom. The second-order valence-electron chi connectivity index (χ2n) is 7.11. The Kier molecular flexibility index (Phi) is 5.82. The SMILES string of the molecule is CN=C(NC1CC1c1c(F)cccc1Cl)N1CCC(C)(C)C1.I. The molecule has 3 rings (SSSR count). The van der Waals surface area contributed by atoms with Crippen LogP contribution in [0, 0.1) is 11.2 Å². The molecule has 1 saturated heterocycles. The summed E-state index contributed by atoms with van der Waals surface area (Å²) in [6.07, 6.45) is 2.07. The summed E-state index contributed by atoms with van der Waals surface area (Å²) in [5.74, 6) is 0.852. The van der Waals surface area contributed by atoms with Crippen LogP contribution in [0.5, 0.6) is 0 Å². The van der Waals surface area contributed by atoms with E-state index in [1.807, 2.05) is 0 Å². The minimum Gasteiger partial charge on any atom is -0.353 e. The van der Waals surface area contributed by atoms with Gasteiger partial charge in [0.15, 0.2) is 5.96 Å². The van der Waals surface area contributed by atoms with Gasteiger partial charge in [0.05, 0.1) is 0 Å². The van der Waals surface area contributed by atoms with Crippen LogP contribution in [0.2, 0.25) is 5.02 Å². The molecule has 23 heavy (non-hydrogen) atoms. The number of benzene rings is 1. The third-order valence-corrected chi connectivity index (χ3v) is 4.99. The third kappa shape index (κ3) is 4.10. The number of hydrogen-bond acceptors (Lipinski definition) is 1. The molecule has 2 atom stereocenters. The highest BCUT2D eigenvalue weighted by Crippen LogP contribution is 2.45. The Labute approximate surface area is 159 Å². The lowest BCUT2D eigenvalue weighted by Crippen LogP contribution is -2.42. The topological polar surface area (TPSA) is 27.6 Å². The fourth-order valence-electron chi connectivity index (χ4n) is 3.29. The Balaban J connectivity index is 0.00000192. The molecule has 1 aromatic carbocycles. The molecule has 1 aromatic rings. The number of nitrogens with one attached hydrogen (secondary N) is 1. The fourth-order valence-corrected chi connectivity index (χ4v) is 3.60. The number of rotatable bonds is 2. The summed E-state index contributed by atoms with van der Waals surface area (Å²) in [6, 6.07) is 5.11. The van der Waals surface area contributed by atoms with E-state index in [-0.39, 0.29) is 41.8 Å². The molecule has 128 valence electrons. The van der Waals surface area contributed by atoms with Crippen molar-refractivity contribution in [2.45, 2.75) is 38.6 Å². The van der Waals surface area contributed by atoms with Gasteiger partial charge < -0.3 is 10.2 Å². The normalized spacial score (nSPS) is 26.0. The quantitative estimate of drug-likeness (QED) is 0.413. The van der Waals surface area contributed by atoms with E-state index in [4.69, 9.17) is 11.6 Å². The maximum absolute atomic E-state index is 14.0. The average molecular weight is 452 g/mol. The zero-order valence-electron chi connectivity index (χ0n) is 13.8. The van der Waals surface area contributed by atoms with Crippen LogP contribution in [0.4, 0.5) is 4.39 Å². The Morgan fingerprint density at radius 2 is 2.17 bits per heavy atom. The molecular formula is C17H24ClFIN3. The Hall–Kier alpha value is -0.560. The molecular weight excluding hydrogens is 428 g/mol. The molecule has 1 saturated carbocycles. The van der Waals surface area contributed by atoms with Gasteiger partial charge in [0.2, 0.25) is 0 Å². The number of guanidine groups is 1. The first-order valence-electron chi connectivity index (χ1n) is 7.83. The number of hydrogen-bond donors (Lipinski definition) is 1. The standard InChI is InChI=1S/C17H23ClFN3.HI/c1-17(2)7-8-22(10-17)16(20-3)21-14-9-11(14)15-12(18)5-4-6-13(15)19;/h4-6,11,14H,7-10H2,1-3H3,(H,20,21);1H. The van der Waals surface area contributed by atoms with Crippen molar-refractivity contribution in [2.24, 2.45) is 10.4 Å². The van der Waals surface area contributed by atoms with Crippen molar-refractivity contribution in [3.8, 4) is 0 Å². The van der Waals surface area contributed by atoms with Crippen LogP contribution in [0.15, 0.2) is 23.2 Å². The number of aliphatic imine (C=N–C) groups is 1. The molecule has 0 radical (unpaired) electrons. The first-order chi connectivity index (χ1) is 10.4. The van der Waals surface area contributed by atoms with Crippen molar-refractivity contribution >= 4 is 41.5 Å². The third-order valence-electron chi connectivity index (χ3n) is 4.66. The molecule has 3 nitrogen and oxygen atoms in total. The summed E-state index contributed by atoms with van der Waals surface area (Å²) in [7, 11) is 1.81. The molecule has 0 amide bonds. The number of halogens is 3. The highest BCUT2D eigenvalue weighted by atomic mass is 127. The van der Waals surface area contributed by atoms with Crippen LogP contribution in [-0.4, -0.2) is 37.0 Å². The van der Waals surface area contributed by atoms with E-state index in [2.05, 4.69) is 29.1 Å². The van der Waals surface area contributed by atoms with Crippen molar-refractivity contribution in [3.05, 3.63) is 34.6 Å². The van der Waals surface area contributed by atoms with Gasteiger partial charge in [-0.15, -0.1) is 24.0 Å². The van der Waals surface area contributed by atoms with Crippen LogP contribution in [0.3, 0.4) is 0 Å². The van der Waals surface area contributed by atoms with Gasteiger partial charge in [-0.2, -0.15) is 0 Å². The maximum atomic E-state index is 14.0. The molecule has 1 N–H and O–H groups in total. The smallest absolute Gasteiger partial charge is 0.193 e. The Bertz CT molecular complexity index is 585. The summed E-state index contributed by atoms with van der Waals surface area (Å²) in [6.45, 7) is 6.58. The summed E-state index contributed by atoms with van der Waals surface area (Å²) in [4.78, 5) is 6.68. The molecule has 1 aliphatic carbocycles. The average Bonchev–Trinajstić information content (AvgIpc) is 3.10. The lowest BCUT2D eigenvalue weighted by Gasteiger charge is -2.24. The lowest BCUT2D eigenvalue weighted by molar-refractivity contribution is 0.370. The first-order valence-corrected chi connectivity index (χ1v) is 8.21. The highest BCUT2D eigenvalue weighted by molar-refractivity contribution is 14.0. The first kappa shape index (κ1) is 18.8. The predicted octanol–water partition coefficient (Wildman–Crippen LogP) is 4.26. The van der Waals surface area contributed by atoms with Gasteiger partial charge in [-0.05, 0) is 30.4 Å². The van der Waals surface area contributed by atoms with Crippen molar-refractivity contribution < 1.29 is 4.39 Å². The second kappa shape index (κ2) is 7.13. The zero-order valence-corrected chi connectivity index (χ0v) is 16.9. The minimum atomic E-state index is -0.209. The largest absolute Gasteiger partial charge is 0.353 e. The van der Waals surface area contributed by atoms with Crippen molar-refractivity contribution in [1.82, 2.24) is 10.2 Å². The van der Waals surface area contributed by atoms with E-state index in [0.717, 1.165) is 25.5 Å². The van der Waals surface area contributed by atoms with Crippen molar-refractivity contribution in [1.29, 1.82) is 0 Å². The van der Waals surface area contributed by atoms with Crippen LogP contribution < -0.4 is 5.32 Å². The zero-order chi connectivity index (χ0) is 15.9. The fraction of sp³-hybridized carbons (Fsp3) is 0.588. The van der Waals surface area contributed by atoms with Gasteiger partial charge in [0, 0.05) is 42.7 Å². The van der Waals surface area contributed by atoms with Gasteiger partial charge in [0.1, 0.15) is 5.82 Å². The number of likely N-dealkylation sites (tertiary alicyclic amines) is 1. The molecule has 2 unspecified atom stereocenters. The summed E-state index contributed by atoms with van der Waals surface area (Å²) in [5.41, 5.74) is 0.967. The number of nitrogens with zero attached hydrogens (tertiary/aromatic N) is 2. The summed E-state index contributed by atoms with van der Waals surface area (Å²) >= 11 is 6.16. The van der Waals surface area contributed by atoms with Gasteiger partial charge >= 0.3 is 0 Å². The minimum absolute atomic E-state index is 0. The van der Waals surface area contributed by atoms with Gasteiger partial charge in [-0.25, -0.2) is 4.39 Å². The molecule has 1 aliphatic heterocycles. The van der Waals surface area contributed by atoms with E-state index in [0.29, 0.717) is 16.0 Å². The molecule has 0 bridgehead atoms. The van der Waals surface area contributed by atoms with E-state index in [1.165, 1.54) is 12.5 Å². The van der Waals surface area contributed by atoms with E-state index in [1.54, 1.807) is 19.2 Å². The van der Waals surface area contributed by atoms with E-state index >= 15 is 0 Å². The van der Waals surface area contributed by atoms with Crippen LogP contribution >= 0.6 is 35.6 Å². The van der Waals surface area contributed by atoms with Crippen LogP contribution in [0.25, 0.3) is 0 Å². The van der Waals surface area contributed by atoms with Crippen LogP contribution in [-0.2, 0) is 0 Å². The molecule has 6 heteroatoms. The molecule has 0 aromatic heterocycles. The second-order valence-corrected chi connectivity index (χ2v) is 7.52. The van der Waals surface area contributed by atoms with Crippen LogP contribution in [0.1, 0.15) is 38.2 Å². The summed E-state index contributed by atoms with van der Waals surface area (Å²) in [5, 5.41) is 3.99. The predicted molar refractivity (Wildman–Crippen MR) is 104 cm³/mol. The maximum Gasteiger partial charge on any atom is 0.193 e. The molecule has 2 fully saturated rings.